The third-order valence-corrected chi connectivity index (χ3v) is 7.65. The number of hydrazone groups is 1. The van der Waals surface area contributed by atoms with Crippen molar-refractivity contribution in [2.24, 2.45) is 12.1 Å². The van der Waals surface area contributed by atoms with Crippen molar-refractivity contribution in [2.75, 3.05) is 45.9 Å². The predicted molar refractivity (Wildman–Crippen MR) is 140 cm³/mol. The number of carbonyl (C=O) groups excluding carboxylic acids is 2. The molecular formula is C27H30FN5O3S. The Labute approximate surface area is 219 Å². The van der Waals surface area contributed by atoms with Crippen LogP contribution >= 0.6 is 11.3 Å². The number of aryl methyl sites for hydroxylation is 1. The number of halogens is 1. The molecule has 0 bridgehead atoms. The monoisotopic (exact) mass is 523 g/mol. The van der Waals surface area contributed by atoms with Gasteiger partial charge in [-0.25, -0.2) is 9.40 Å². The minimum Gasteiger partial charge on any atom is -0.379 e. The van der Waals surface area contributed by atoms with Crippen molar-refractivity contribution in [1.82, 2.24) is 19.4 Å². The fourth-order valence-corrected chi connectivity index (χ4v) is 5.42. The van der Waals surface area contributed by atoms with E-state index in [0.717, 1.165) is 30.1 Å². The second-order valence-electron chi connectivity index (χ2n) is 9.22. The van der Waals surface area contributed by atoms with Crippen LogP contribution in [0.4, 0.5) is 4.39 Å². The highest BCUT2D eigenvalue weighted by atomic mass is 32.1. The first-order valence-electron chi connectivity index (χ1n) is 12.4. The number of morpholine rings is 1. The van der Waals surface area contributed by atoms with Crippen LogP contribution in [0.25, 0.3) is 0 Å². The molecule has 5 rings (SSSR count). The quantitative estimate of drug-likeness (QED) is 0.454. The Balaban J connectivity index is 1.39. The fourth-order valence-electron chi connectivity index (χ4n) is 4.73. The molecule has 2 amide bonds. The van der Waals surface area contributed by atoms with Gasteiger partial charge in [-0.2, -0.15) is 5.10 Å². The van der Waals surface area contributed by atoms with Crippen molar-refractivity contribution >= 4 is 28.9 Å². The summed E-state index contributed by atoms with van der Waals surface area (Å²) < 4.78 is 21.0. The Hall–Kier alpha value is -3.34. The van der Waals surface area contributed by atoms with E-state index in [1.165, 1.54) is 28.5 Å². The lowest BCUT2D eigenvalue weighted by Crippen LogP contribution is -2.46. The molecule has 10 heteroatoms. The molecule has 3 aromatic rings. The van der Waals surface area contributed by atoms with E-state index < -0.39 is 0 Å². The average Bonchev–Trinajstić information content (AvgIpc) is 3.68. The van der Waals surface area contributed by atoms with Gasteiger partial charge in [0.15, 0.2) is 0 Å². The third kappa shape index (κ3) is 5.82. The van der Waals surface area contributed by atoms with Gasteiger partial charge in [-0.1, -0.05) is 18.2 Å². The zero-order valence-electron chi connectivity index (χ0n) is 20.8. The lowest BCUT2D eigenvalue weighted by molar-refractivity contribution is -0.133. The lowest BCUT2D eigenvalue weighted by Gasteiger charge is -2.31. The normalized spacial score (nSPS) is 18.2. The molecule has 0 aliphatic carbocycles. The first-order chi connectivity index (χ1) is 18.0. The third-order valence-electron chi connectivity index (χ3n) is 6.80. The average molecular weight is 524 g/mol. The van der Waals surface area contributed by atoms with Crippen molar-refractivity contribution in [3.05, 3.63) is 82.1 Å². The summed E-state index contributed by atoms with van der Waals surface area (Å²) in [6.45, 7) is 3.93. The van der Waals surface area contributed by atoms with E-state index in [-0.39, 0.29) is 30.2 Å². The zero-order chi connectivity index (χ0) is 25.8. The Morgan fingerprint density at radius 2 is 1.92 bits per heavy atom. The Bertz CT molecular complexity index is 1250. The summed E-state index contributed by atoms with van der Waals surface area (Å²) in [5.74, 6) is -0.773. The summed E-state index contributed by atoms with van der Waals surface area (Å²) in [5, 5.41) is 8.05. The summed E-state index contributed by atoms with van der Waals surface area (Å²) in [6.07, 6.45) is 2.43. The van der Waals surface area contributed by atoms with E-state index in [4.69, 9.17) is 9.84 Å². The summed E-state index contributed by atoms with van der Waals surface area (Å²) in [7, 11) is 1.93. The molecule has 8 nitrogen and oxygen atoms in total. The van der Waals surface area contributed by atoms with Crippen LogP contribution in [0, 0.1) is 5.82 Å². The van der Waals surface area contributed by atoms with Gasteiger partial charge in [-0.3, -0.25) is 14.5 Å². The highest BCUT2D eigenvalue weighted by molar-refractivity contribution is 7.12. The van der Waals surface area contributed by atoms with Crippen LogP contribution in [0.2, 0.25) is 0 Å². The molecule has 4 heterocycles. The lowest BCUT2D eigenvalue weighted by atomic mass is 10.0. The molecule has 2 aliphatic heterocycles. The van der Waals surface area contributed by atoms with Crippen LogP contribution in [-0.4, -0.2) is 82.8 Å². The Morgan fingerprint density at radius 3 is 2.59 bits per heavy atom. The Morgan fingerprint density at radius 1 is 1.14 bits per heavy atom. The SMILES string of the molecule is Cn1cccc1C1=NN(C(=O)CN(CCN2CCOCC2)C(=O)c2cccs2)C(c2ccc(F)cc2)C1. The highest BCUT2D eigenvalue weighted by Crippen LogP contribution is 2.33. The molecule has 0 saturated carbocycles. The number of aromatic nitrogens is 1. The molecule has 37 heavy (non-hydrogen) atoms. The maximum atomic E-state index is 13.7. The molecule has 1 fully saturated rings. The largest absolute Gasteiger partial charge is 0.379 e. The number of hydrogen-bond donors (Lipinski definition) is 0. The number of benzene rings is 1. The van der Waals surface area contributed by atoms with Gasteiger partial charge in [0.2, 0.25) is 0 Å². The highest BCUT2D eigenvalue weighted by Gasteiger charge is 2.35. The first kappa shape index (κ1) is 25.3. The van der Waals surface area contributed by atoms with Crippen molar-refractivity contribution in [3.8, 4) is 0 Å². The second kappa shape index (κ2) is 11.4. The van der Waals surface area contributed by atoms with Crippen molar-refractivity contribution in [3.63, 3.8) is 0 Å². The summed E-state index contributed by atoms with van der Waals surface area (Å²) >= 11 is 1.36. The fraction of sp³-hybridized carbons (Fsp3) is 0.370. The number of thiophene rings is 1. The van der Waals surface area contributed by atoms with Gasteiger partial charge in [0.25, 0.3) is 11.8 Å². The predicted octanol–water partition coefficient (Wildman–Crippen LogP) is 3.38. The van der Waals surface area contributed by atoms with Crippen LogP contribution in [0.15, 0.2) is 65.2 Å². The number of carbonyl (C=O) groups is 2. The van der Waals surface area contributed by atoms with Gasteiger partial charge >= 0.3 is 0 Å². The maximum Gasteiger partial charge on any atom is 0.264 e. The van der Waals surface area contributed by atoms with Gasteiger partial charge in [-0.05, 0) is 41.3 Å². The molecule has 194 valence electrons. The van der Waals surface area contributed by atoms with E-state index in [1.54, 1.807) is 23.1 Å². The van der Waals surface area contributed by atoms with Crippen LogP contribution in [0.3, 0.4) is 0 Å². The smallest absolute Gasteiger partial charge is 0.264 e. The molecule has 1 atom stereocenters. The van der Waals surface area contributed by atoms with Gasteiger partial charge in [0, 0.05) is 45.8 Å². The van der Waals surface area contributed by atoms with Crippen molar-refractivity contribution in [1.29, 1.82) is 0 Å². The number of ether oxygens (including phenoxy) is 1. The topological polar surface area (TPSA) is 70.4 Å². The molecule has 1 aromatic carbocycles. The standard InChI is InChI=1S/C27H30FN5O3S/c1-30-10-2-4-23(30)22-18-24(20-6-8-21(28)9-7-20)33(29-22)26(34)19-32(27(35)25-5-3-17-37-25)12-11-31-13-15-36-16-14-31/h2-10,17,24H,11-16,18-19H2,1H3. The van der Waals surface area contributed by atoms with Crippen molar-refractivity contribution in [2.45, 2.75) is 12.5 Å². The second-order valence-corrected chi connectivity index (χ2v) is 10.2. The molecular weight excluding hydrogens is 493 g/mol. The minimum absolute atomic E-state index is 0.0946. The zero-order valence-corrected chi connectivity index (χ0v) is 21.6. The molecule has 0 radical (unpaired) electrons. The minimum atomic E-state index is -0.379. The van der Waals surface area contributed by atoms with Crippen LogP contribution in [-0.2, 0) is 16.6 Å². The van der Waals surface area contributed by atoms with Gasteiger partial charge in [0.1, 0.15) is 12.4 Å². The summed E-state index contributed by atoms with van der Waals surface area (Å²) in [5.41, 5.74) is 2.49. The Kier molecular flexibility index (Phi) is 7.78. The van der Waals surface area contributed by atoms with E-state index in [9.17, 15) is 14.0 Å². The van der Waals surface area contributed by atoms with Crippen LogP contribution < -0.4 is 0 Å². The molecule has 2 aliphatic rings. The summed E-state index contributed by atoms with van der Waals surface area (Å²) in [6, 6.07) is 13.3. The van der Waals surface area contributed by atoms with Gasteiger partial charge in [0.05, 0.1) is 35.5 Å². The number of hydrogen-bond acceptors (Lipinski definition) is 6. The van der Waals surface area contributed by atoms with Crippen molar-refractivity contribution < 1.29 is 18.7 Å². The van der Waals surface area contributed by atoms with Crippen LogP contribution in [0.5, 0.6) is 0 Å². The molecule has 1 unspecified atom stereocenters. The van der Waals surface area contributed by atoms with Crippen LogP contribution in [0.1, 0.15) is 33.4 Å². The van der Waals surface area contributed by atoms with Gasteiger partial charge in [-0.15, -0.1) is 11.3 Å². The van der Waals surface area contributed by atoms with E-state index >= 15 is 0 Å². The number of nitrogens with zero attached hydrogens (tertiary/aromatic N) is 5. The molecule has 2 aromatic heterocycles. The molecule has 1 saturated heterocycles. The van der Waals surface area contributed by atoms with E-state index in [1.807, 2.05) is 41.4 Å². The maximum absolute atomic E-state index is 13.7. The molecule has 0 N–H and O–H groups in total. The van der Waals surface area contributed by atoms with E-state index in [2.05, 4.69) is 4.90 Å². The first-order valence-corrected chi connectivity index (χ1v) is 13.3. The van der Waals surface area contributed by atoms with E-state index in [0.29, 0.717) is 37.6 Å². The van der Waals surface area contributed by atoms with Gasteiger partial charge < -0.3 is 14.2 Å². The number of amides is 2. The number of rotatable bonds is 8. The summed E-state index contributed by atoms with van der Waals surface area (Å²) in [4.78, 5) is 31.6. The molecule has 0 spiro atoms.